The number of nitrogens with one attached hydrogen (secondary N) is 1. The minimum Gasteiger partial charge on any atom is -0.494 e. The predicted molar refractivity (Wildman–Crippen MR) is 101 cm³/mol. The molecule has 0 saturated carbocycles. The lowest BCUT2D eigenvalue weighted by Crippen LogP contribution is -2.23. The number of anilines is 1. The molecule has 1 heterocycles. The molecular formula is C19H20N4O2. The second kappa shape index (κ2) is 7.61. The maximum Gasteiger partial charge on any atom is 0.262 e. The summed E-state index contributed by atoms with van der Waals surface area (Å²) in [6, 6.07) is 14.9. The molecule has 6 nitrogen and oxygen atoms in total. The van der Waals surface area contributed by atoms with Gasteiger partial charge in [-0.1, -0.05) is 12.1 Å². The van der Waals surface area contributed by atoms with E-state index in [1.54, 1.807) is 16.8 Å². The van der Waals surface area contributed by atoms with Gasteiger partial charge in [-0.3, -0.25) is 9.36 Å². The van der Waals surface area contributed by atoms with E-state index < -0.39 is 0 Å². The fourth-order valence-corrected chi connectivity index (χ4v) is 2.53. The lowest BCUT2D eigenvalue weighted by atomic mass is 10.2. The fraction of sp³-hybridized carbons (Fsp3) is 0.211. The summed E-state index contributed by atoms with van der Waals surface area (Å²) in [5.74, 6) is 1.25. The van der Waals surface area contributed by atoms with Crippen molar-refractivity contribution in [3.05, 3.63) is 64.4 Å². The van der Waals surface area contributed by atoms with Crippen LogP contribution in [0.2, 0.25) is 0 Å². The minimum absolute atomic E-state index is 0.0770. The predicted octanol–water partition coefficient (Wildman–Crippen LogP) is 3.26. The molecule has 0 saturated heterocycles. The van der Waals surface area contributed by atoms with Gasteiger partial charge in [-0.15, -0.1) is 0 Å². The smallest absolute Gasteiger partial charge is 0.262 e. The first kappa shape index (κ1) is 16.7. The Kier molecular flexibility index (Phi) is 5.09. The Morgan fingerprint density at radius 1 is 1.16 bits per heavy atom. The highest BCUT2D eigenvalue weighted by Crippen LogP contribution is 2.12. The molecule has 0 radical (unpaired) electrons. The van der Waals surface area contributed by atoms with Crippen LogP contribution < -0.4 is 15.7 Å². The van der Waals surface area contributed by atoms with Crippen LogP contribution in [0.25, 0.3) is 10.9 Å². The first-order valence-corrected chi connectivity index (χ1v) is 8.24. The summed E-state index contributed by atoms with van der Waals surface area (Å²) < 4.78 is 6.98. The summed E-state index contributed by atoms with van der Waals surface area (Å²) in [5.41, 5.74) is 4.37. The zero-order chi connectivity index (χ0) is 17.6. The number of fused-ring (bicyclic) bond motifs is 1. The molecule has 0 aliphatic rings. The third-order valence-corrected chi connectivity index (χ3v) is 3.75. The SMILES string of the molecule is CCOc1ccc(/C=N\Nc2nc3ccccc3c(=O)n2CC)cc1. The van der Waals surface area contributed by atoms with E-state index in [2.05, 4.69) is 15.5 Å². The second-order valence-corrected chi connectivity index (χ2v) is 5.37. The summed E-state index contributed by atoms with van der Waals surface area (Å²) >= 11 is 0. The number of rotatable bonds is 6. The van der Waals surface area contributed by atoms with Crippen molar-refractivity contribution < 1.29 is 4.74 Å². The standard InChI is InChI=1S/C19H20N4O2/c1-3-23-18(24)16-7-5-6-8-17(16)21-19(23)22-20-13-14-9-11-15(12-10-14)25-4-2/h5-13H,3-4H2,1-2H3,(H,21,22)/b20-13-. The molecule has 0 spiro atoms. The van der Waals surface area contributed by atoms with Crippen molar-refractivity contribution in [1.29, 1.82) is 0 Å². The lowest BCUT2D eigenvalue weighted by Gasteiger charge is -2.10. The Hall–Kier alpha value is -3.15. The highest BCUT2D eigenvalue weighted by atomic mass is 16.5. The van der Waals surface area contributed by atoms with Crippen molar-refractivity contribution in [3.63, 3.8) is 0 Å². The van der Waals surface area contributed by atoms with Crippen LogP contribution in [0.5, 0.6) is 5.75 Å². The van der Waals surface area contributed by atoms with Gasteiger partial charge in [0.1, 0.15) is 5.75 Å². The number of hydrazone groups is 1. The van der Waals surface area contributed by atoms with Crippen molar-refractivity contribution in [2.75, 3.05) is 12.0 Å². The molecule has 1 N–H and O–H groups in total. The summed E-state index contributed by atoms with van der Waals surface area (Å²) in [4.78, 5) is 17.0. The van der Waals surface area contributed by atoms with Crippen LogP contribution in [0.1, 0.15) is 19.4 Å². The van der Waals surface area contributed by atoms with Gasteiger partial charge in [-0.25, -0.2) is 10.4 Å². The number of benzene rings is 2. The van der Waals surface area contributed by atoms with E-state index in [0.717, 1.165) is 11.3 Å². The van der Waals surface area contributed by atoms with Crippen LogP contribution in [-0.2, 0) is 6.54 Å². The van der Waals surface area contributed by atoms with E-state index in [1.165, 1.54) is 0 Å². The van der Waals surface area contributed by atoms with Gasteiger partial charge < -0.3 is 4.74 Å². The summed E-state index contributed by atoms with van der Waals surface area (Å²) in [6.07, 6.45) is 1.68. The molecule has 0 amide bonds. The average molecular weight is 336 g/mol. The molecule has 2 aromatic carbocycles. The van der Waals surface area contributed by atoms with E-state index in [-0.39, 0.29) is 5.56 Å². The normalized spacial score (nSPS) is 11.1. The molecule has 0 fully saturated rings. The summed E-state index contributed by atoms with van der Waals surface area (Å²) in [7, 11) is 0. The van der Waals surface area contributed by atoms with E-state index >= 15 is 0 Å². The van der Waals surface area contributed by atoms with Gasteiger partial charge in [0.25, 0.3) is 5.56 Å². The van der Waals surface area contributed by atoms with Gasteiger partial charge in [0.15, 0.2) is 0 Å². The largest absolute Gasteiger partial charge is 0.494 e. The molecule has 0 aliphatic carbocycles. The number of hydrogen-bond acceptors (Lipinski definition) is 5. The molecule has 3 aromatic rings. The van der Waals surface area contributed by atoms with Crippen LogP contribution in [-0.4, -0.2) is 22.4 Å². The van der Waals surface area contributed by atoms with E-state index in [9.17, 15) is 4.79 Å². The fourth-order valence-electron chi connectivity index (χ4n) is 2.53. The molecule has 3 rings (SSSR count). The first-order chi connectivity index (χ1) is 12.2. The molecule has 0 aliphatic heterocycles. The third kappa shape index (κ3) is 3.68. The summed E-state index contributed by atoms with van der Waals surface area (Å²) in [5, 5.41) is 4.81. The van der Waals surface area contributed by atoms with Crippen molar-refractivity contribution >= 4 is 23.1 Å². The minimum atomic E-state index is -0.0770. The number of ether oxygens (including phenoxy) is 1. The van der Waals surface area contributed by atoms with Crippen LogP contribution in [0.15, 0.2) is 58.4 Å². The molecule has 6 heteroatoms. The molecule has 128 valence electrons. The Morgan fingerprint density at radius 3 is 2.64 bits per heavy atom. The van der Waals surface area contributed by atoms with Crippen molar-refractivity contribution in [3.8, 4) is 5.75 Å². The molecule has 0 bridgehead atoms. The van der Waals surface area contributed by atoms with E-state index in [1.807, 2.05) is 56.3 Å². The average Bonchev–Trinajstić information content (AvgIpc) is 2.64. The second-order valence-electron chi connectivity index (χ2n) is 5.37. The molecule has 1 aromatic heterocycles. The van der Waals surface area contributed by atoms with Crippen LogP contribution in [0.4, 0.5) is 5.95 Å². The number of hydrogen-bond donors (Lipinski definition) is 1. The Balaban J connectivity index is 1.83. The Labute approximate surface area is 145 Å². The monoisotopic (exact) mass is 336 g/mol. The van der Waals surface area contributed by atoms with Crippen molar-refractivity contribution in [1.82, 2.24) is 9.55 Å². The molecule has 0 atom stereocenters. The third-order valence-electron chi connectivity index (χ3n) is 3.75. The van der Waals surface area contributed by atoms with Crippen LogP contribution in [0, 0.1) is 0 Å². The highest BCUT2D eigenvalue weighted by molar-refractivity contribution is 5.81. The lowest BCUT2D eigenvalue weighted by molar-refractivity contribution is 0.340. The van der Waals surface area contributed by atoms with Crippen LogP contribution >= 0.6 is 0 Å². The van der Waals surface area contributed by atoms with E-state index in [0.29, 0.717) is 30.0 Å². The Bertz CT molecular complexity index is 946. The summed E-state index contributed by atoms with van der Waals surface area (Å²) in [6.45, 7) is 5.00. The molecular weight excluding hydrogens is 316 g/mol. The van der Waals surface area contributed by atoms with Gasteiger partial charge in [0.2, 0.25) is 5.95 Å². The molecule has 25 heavy (non-hydrogen) atoms. The number of para-hydroxylation sites is 1. The zero-order valence-electron chi connectivity index (χ0n) is 14.3. The molecule has 0 unspecified atom stereocenters. The van der Waals surface area contributed by atoms with E-state index in [4.69, 9.17) is 4.74 Å². The topological polar surface area (TPSA) is 68.5 Å². The Morgan fingerprint density at radius 2 is 1.92 bits per heavy atom. The first-order valence-electron chi connectivity index (χ1n) is 8.24. The highest BCUT2D eigenvalue weighted by Gasteiger charge is 2.08. The van der Waals surface area contributed by atoms with Crippen molar-refractivity contribution in [2.24, 2.45) is 5.10 Å². The quantitative estimate of drug-likeness (QED) is 0.554. The van der Waals surface area contributed by atoms with Gasteiger partial charge in [0, 0.05) is 6.54 Å². The van der Waals surface area contributed by atoms with Crippen molar-refractivity contribution in [2.45, 2.75) is 20.4 Å². The number of nitrogens with zero attached hydrogens (tertiary/aromatic N) is 3. The zero-order valence-corrected chi connectivity index (χ0v) is 14.3. The van der Waals surface area contributed by atoms with Gasteiger partial charge in [-0.2, -0.15) is 5.10 Å². The van der Waals surface area contributed by atoms with Gasteiger partial charge in [-0.05, 0) is 55.8 Å². The van der Waals surface area contributed by atoms with Gasteiger partial charge in [0.05, 0.1) is 23.7 Å². The maximum absolute atomic E-state index is 12.5. The number of aromatic nitrogens is 2. The maximum atomic E-state index is 12.5. The van der Waals surface area contributed by atoms with Gasteiger partial charge >= 0.3 is 0 Å². The van der Waals surface area contributed by atoms with Crippen LogP contribution in [0.3, 0.4) is 0 Å².